The smallest absolute Gasteiger partial charge is 0.197 e. The number of aromatic amines is 1. The van der Waals surface area contributed by atoms with Crippen molar-refractivity contribution in [1.82, 2.24) is 9.97 Å². The van der Waals surface area contributed by atoms with Gasteiger partial charge in [-0.25, -0.2) is 4.98 Å². The SMILES string of the molecule is C#CCc1cnc(N)[nH]1. The highest BCUT2D eigenvalue weighted by Gasteiger charge is 1.91. The average molecular weight is 121 g/mol. The lowest BCUT2D eigenvalue weighted by molar-refractivity contribution is 1.19. The van der Waals surface area contributed by atoms with Crippen molar-refractivity contribution in [2.45, 2.75) is 6.42 Å². The van der Waals surface area contributed by atoms with Gasteiger partial charge in [-0.1, -0.05) is 0 Å². The predicted molar refractivity (Wildman–Crippen MR) is 35.5 cm³/mol. The van der Waals surface area contributed by atoms with Gasteiger partial charge in [-0.3, -0.25) is 0 Å². The Morgan fingerprint density at radius 3 is 3.11 bits per heavy atom. The van der Waals surface area contributed by atoms with Crippen LogP contribution in [0, 0.1) is 12.3 Å². The number of imidazole rings is 1. The van der Waals surface area contributed by atoms with Crippen LogP contribution < -0.4 is 5.73 Å². The van der Waals surface area contributed by atoms with Gasteiger partial charge in [0.05, 0.1) is 12.6 Å². The predicted octanol–water partition coefficient (Wildman–Crippen LogP) is 0.168. The van der Waals surface area contributed by atoms with E-state index in [9.17, 15) is 0 Å². The van der Waals surface area contributed by atoms with Gasteiger partial charge in [-0.05, 0) is 0 Å². The normalized spacial score (nSPS) is 8.78. The van der Waals surface area contributed by atoms with Gasteiger partial charge in [0.25, 0.3) is 0 Å². The molecule has 46 valence electrons. The van der Waals surface area contributed by atoms with Crippen LogP contribution >= 0.6 is 0 Å². The Balaban J connectivity index is 2.76. The summed E-state index contributed by atoms with van der Waals surface area (Å²) in [6.45, 7) is 0. The van der Waals surface area contributed by atoms with Crippen molar-refractivity contribution in [3.63, 3.8) is 0 Å². The summed E-state index contributed by atoms with van der Waals surface area (Å²) in [5.41, 5.74) is 6.16. The molecule has 0 aliphatic rings. The first-order valence-electron chi connectivity index (χ1n) is 2.55. The fourth-order valence-electron chi connectivity index (χ4n) is 0.576. The van der Waals surface area contributed by atoms with Crippen molar-refractivity contribution in [2.75, 3.05) is 5.73 Å². The van der Waals surface area contributed by atoms with E-state index >= 15 is 0 Å². The molecule has 3 N–H and O–H groups in total. The molecule has 1 heterocycles. The minimum Gasteiger partial charge on any atom is -0.369 e. The van der Waals surface area contributed by atoms with Crippen LogP contribution in [-0.2, 0) is 6.42 Å². The van der Waals surface area contributed by atoms with Crippen molar-refractivity contribution in [3.05, 3.63) is 11.9 Å². The lowest BCUT2D eigenvalue weighted by Gasteiger charge is -1.82. The van der Waals surface area contributed by atoms with Crippen molar-refractivity contribution in [3.8, 4) is 12.3 Å². The van der Waals surface area contributed by atoms with Gasteiger partial charge < -0.3 is 10.7 Å². The summed E-state index contributed by atoms with van der Waals surface area (Å²) in [5, 5.41) is 0. The number of hydrogen-bond donors (Lipinski definition) is 2. The van der Waals surface area contributed by atoms with Crippen LogP contribution in [-0.4, -0.2) is 9.97 Å². The molecule has 0 radical (unpaired) electrons. The number of nitrogens with one attached hydrogen (secondary N) is 1. The molecule has 1 rings (SSSR count). The molecule has 0 atom stereocenters. The van der Waals surface area contributed by atoms with E-state index in [1.54, 1.807) is 6.20 Å². The summed E-state index contributed by atoms with van der Waals surface area (Å²) in [6.07, 6.45) is 7.23. The number of hydrogen-bond acceptors (Lipinski definition) is 2. The highest BCUT2D eigenvalue weighted by Crippen LogP contribution is 1.96. The molecule has 0 spiro atoms. The second kappa shape index (κ2) is 2.23. The van der Waals surface area contributed by atoms with E-state index in [0.29, 0.717) is 12.4 Å². The van der Waals surface area contributed by atoms with Crippen molar-refractivity contribution >= 4 is 5.95 Å². The maximum absolute atomic E-state index is 5.27. The zero-order valence-electron chi connectivity index (χ0n) is 4.89. The second-order valence-corrected chi connectivity index (χ2v) is 1.67. The fraction of sp³-hybridized carbons (Fsp3) is 0.167. The number of nitrogen functional groups attached to an aromatic ring is 1. The summed E-state index contributed by atoms with van der Waals surface area (Å²) in [7, 11) is 0. The Morgan fingerprint density at radius 2 is 2.67 bits per heavy atom. The van der Waals surface area contributed by atoms with Crippen molar-refractivity contribution in [2.24, 2.45) is 0 Å². The zero-order chi connectivity index (χ0) is 6.69. The number of aromatic nitrogens is 2. The number of H-pyrrole nitrogens is 1. The van der Waals surface area contributed by atoms with Crippen LogP contribution in [0.25, 0.3) is 0 Å². The third-order valence-corrected chi connectivity index (χ3v) is 0.941. The van der Waals surface area contributed by atoms with Crippen LogP contribution in [0.3, 0.4) is 0 Å². The third kappa shape index (κ3) is 1.23. The molecule has 0 saturated heterocycles. The van der Waals surface area contributed by atoms with E-state index in [2.05, 4.69) is 15.9 Å². The van der Waals surface area contributed by atoms with Gasteiger partial charge in [-0.15, -0.1) is 12.3 Å². The first-order chi connectivity index (χ1) is 4.33. The molecule has 9 heavy (non-hydrogen) atoms. The maximum atomic E-state index is 5.27. The summed E-state index contributed by atoms with van der Waals surface area (Å²) in [4.78, 5) is 6.56. The Kier molecular flexibility index (Phi) is 1.41. The highest BCUT2D eigenvalue weighted by molar-refractivity contribution is 5.20. The molecule has 0 aromatic carbocycles. The molecular formula is C6H7N3. The summed E-state index contributed by atoms with van der Waals surface area (Å²) in [5.74, 6) is 2.89. The van der Waals surface area contributed by atoms with E-state index in [1.807, 2.05) is 0 Å². The molecule has 0 aliphatic heterocycles. The lowest BCUT2D eigenvalue weighted by Crippen LogP contribution is -1.86. The Labute approximate surface area is 53.3 Å². The number of nitrogens with zero attached hydrogens (tertiary/aromatic N) is 1. The lowest BCUT2D eigenvalue weighted by atomic mass is 10.3. The van der Waals surface area contributed by atoms with E-state index in [0.717, 1.165) is 5.69 Å². The highest BCUT2D eigenvalue weighted by atomic mass is 15.0. The maximum Gasteiger partial charge on any atom is 0.197 e. The van der Waals surface area contributed by atoms with Crippen molar-refractivity contribution < 1.29 is 0 Å². The monoisotopic (exact) mass is 121 g/mol. The number of terminal acetylenes is 1. The number of rotatable bonds is 1. The van der Waals surface area contributed by atoms with Crippen LogP contribution in [0.15, 0.2) is 6.20 Å². The first kappa shape index (κ1) is 5.70. The Morgan fingerprint density at radius 1 is 1.89 bits per heavy atom. The molecule has 0 amide bonds. The van der Waals surface area contributed by atoms with Crippen LogP contribution in [0.1, 0.15) is 5.69 Å². The summed E-state index contributed by atoms with van der Waals surface area (Å²) in [6, 6.07) is 0. The summed E-state index contributed by atoms with van der Waals surface area (Å²) >= 11 is 0. The van der Waals surface area contributed by atoms with E-state index in [-0.39, 0.29) is 0 Å². The molecule has 0 bridgehead atoms. The largest absolute Gasteiger partial charge is 0.369 e. The van der Waals surface area contributed by atoms with E-state index < -0.39 is 0 Å². The topological polar surface area (TPSA) is 54.7 Å². The van der Waals surface area contributed by atoms with Crippen LogP contribution in [0.5, 0.6) is 0 Å². The van der Waals surface area contributed by atoms with Gasteiger partial charge in [0.2, 0.25) is 0 Å². The molecule has 3 nitrogen and oxygen atoms in total. The van der Waals surface area contributed by atoms with E-state index in [4.69, 9.17) is 12.2 Å². The molecule has 3 heteroatoms. The average Bonchev–Trinajstić information content (AvgIpc) is 2.17. The molecule has 0 fully saturated rings. The third-order valence-electron chi connectivity index (χ3n) is 0.941. The Bertz CT molecular complexity index is 231. The standard InChI is InChI=1S/C6H7N3/c1-2-3-5-4-8-6(7)9-5/h1,4H,3H2,(H3,7,8,9). The minimum absolute atomic E-state index is 0.417. The Hall–Kier alpha value is -1.43. The van der Waals surface area contributed by atoms with Gasteiger partial charge >= 0.3 is 0 Å². The zero-order valence-corrected chi connectivity index (χ0v) is 4.89. The molecular weight excluding hydrogens is 114 g/mol. The minimum atomic E-state index is 0.417. The molecule has 1 aromatic rings. The first-order valence-corrected chi connectivity index (χ1v) is 2.55. The van der Waals surface area contributed by atoms with Crippen LogP contribution in [0.2, 0.25) is 0 Å². The van der Waals surface area contributed by atoms with Crippen molar-refractivity contribution in [1.29, 1.82) is 0 Å². The van der Waals surface area contributed by atoms with Gasteiger partial charge in [0.15, 0.2) is 5.95 Å². The van der Waals surface area contributed by atoms with Gasteiger partial charge in [-0.2, -0.15) is 0 Å². The van der Waals surface area contributed by atoms with Gasteiger partial charge in [0, 0.05) is 5.69 Å². The van der Waals surface area contributed by atoms with Gasteiger partial charge in [0.1, 0.15) is 0 Å². The van der Waals surface area contributed by atoms with Crippen LogP contribution in [0.4, 0.5) is 5.95 Å². The molecule has 0 aliphatic carbocycles. The number of anilines is 1. The summed E-state index contributed by atoms with van der Waals surface area (Å²) < 4.78 is 0. The quantitative estimate of drug-likeness (QED) is 0.520. The molecule has 0 saturated carbocycles. The van der Waals surface area contributed by atoms with E-state index in [1.165, 1.54) is 0 Å². The molecule has 1 aromatic heterocycles. The second-order valence-electron chi connectivity index (χ2n) is 1.67. The fourth-order valence-corrected chi connectivity index (χ4v) is 0.576. The molecule has 0 unspecified atom stereocenters. The number of nitrogens with two attached hydrogens (primary N) is 1.